The smallest absolute Gasteiger partial charge is 0.417 e. The van der Waals surface area contributed by atoms with E-state index in [1.54, 1.807) is 0 Å². The van der Waals surface area contributed by atoms with Crippen molar-refractivity contribution in [1.29, 1.82) is 5.26 Å². The maximum absolute atomic E-state index is 13.6. The fraction of sp³-hybridized carbons (Fsp3) is 0.393. The van der Waals surface area contributed by atoms with Crippen molar-refractivity contribution in [2.45, 2.75) is 50.9 Å². The third kappa shape index (κ3) is 7.75. The van der Waals surface area contributed by atoms with Crippen molar-refractivity contribution in [3.8, 4) is 6.07 Å². The number of rotatable bonds is 11. The van der Waals surface area contributed by atoms with Crippen LogP contribution in [0, 0.1) is 11.3 Å². The van der Waals surface area contributed by atoms with Gasteiger partial charge in [-0.1, -0.05) is 18.0 Å². The minimum atomic E-state index is -4.84. The third-order valence-electron chi connectivity index (χ3n) is 6.63. The van der Waals surface area contributed by atoms with Crippen molar-refractivity contribution in [2.24, 2.45) is 11.5 Å². The zero-order valence-corrected chi connectivity index (χ0v) is 25.3. The van der Waals surface area contributed by atoms with Gasteiger partial charge in [0.2, 0.25) is 0 Å². The molecular weight excluding hydrogens is 625 g/mol. The highest BCUT2D eigenvalue weighted by molar-refractivity contribution is 7.81. The van der Waals surface area contributed by atoms with Crippen LogP contribution in [0.3, 0.4) is 0 Å². The highest BCUT2D eigenvalue weighted by Crippen LogP contribution is 2.40. The topological polar surface area (TPSA) is 164 Å². The van der Waals surface area contributed by atoms with Crippen LogP contribution in [0.25, 0.3) is 0 Å². The van der Waals surface area contributed by atoms with Crippen molar-refractivity contribution in [2.75, 3.05) is 34.9 Å². The molecule has 0 spiro atoms. The molecule has 0 saturated carbocycles. The van der Waals surface area contributed by atoms with Crippen molar-refractivity contribution < 1.29 is 37.0 Å². The predicted molar refractivity (Wildman–Crippen MR) is 161 cm³/mol. The number of benzene rings is 2. The summed E-state index contributed by atoms with van der Waals surface area (Å²) >= 11 is 11.8. The molecular formula is C28H30ClF3N6O5S. The standard InChI is InChI=1S/C28H30ClF3N6O5S/c1-27(2)24(40)37(17-7-6-16(15-34)19(13-17)28(30,31)32)26(44)38(27)18-8-9-20(29)22(14-18)36-25(41)43-12-11-42-23(39)21(35)5-3-4-10-33/h6-9,13-14,21H,3-5,10-12,33,35H2,1-2H3,(H,36,41)/t21-/m0/s1. The molecule has 1 heterocycles. The van der Waals surface area contributed by atoms with E-state index < -0.39 is 46.9 Å². The largest absolute Gasteiger partial charge is 0.461 e. The average molecular weight is 655 g/mol. The van der Waals surface area contributed by atoms with E-state index in [2.05, 4.69) is 5.32 Å². The van der Waals surface area contributed by atoms with Gasteiger partial charge in [0.15, 0.2) is 5.11 Å². The van der Waals surface area contributed by atoms with E-state index in [0.717, 1.165) is 17.4 Å². The molecule has 0 bridgehead atoms. The molecule has 1 saturated heterocycles. The molecule has 0 radical (unpaired) electrons. The Bertz CT molecular complexity index is 1480. The number of halogens is 4. The molecule has 44 heavy (non-hydrogen) atoms. The van der Waals surface area contributed by atoms with Gasteiger partial charge in [-0.3, -0.25) is 19.8 Å². The Hall–Kier alpha value is -3.97. The van der Waals surface area contributed by atoms with Gasteiger partial charge in [-0.05, 0) is 81.8 Å². The number of esters is 1. The number of nitrogens with one attached hydrogen (secondary N) is 1. The molecule has 2 aromatic rings. The lowest BCUT2D eigenvalue weighted by Crippen LogP contribution is -2.44. The second kappa shape index (κ2) is 14.2. The Morgan fingerprint density at radius 1 is 1.14 bits per heavy atom. The maximum atomic E-state index is 13.6. The fourth-order valence-electron chi connectivity index (χ4n) is 4.36. The molecule has 1 aliphatic rings. The quantitative estimate of drug-likeness (QED) is 0.176. The van der Waals surface area contributed by atoms with E-state index in [9.17, 15) is 27.6 Å². The first-order valence-corrected chi connectivity index (χ1v) is 14.1. The molecule has 1 aliphatic heterocycles. The molecule has 11 nitrogen and oxygen atoms in total. The highest BCUT2D eigenvalue weighted by Gasteiger charge is 2.50. The predicted octanol–water partition coefficient (Wildman–Crippen LogP) is 4.70. The summed E-state index contributed by atoms with van der Waals surface area (Å²) in [6.45, 7) is 3.03. The number of ether oxygens (including phenoxy) is 2. The molecule has 1 fully saturated rings. The lowest BCUT2D eigenvalue weighted by atomic mass is 10.0. The van der Waals surface area contributed by atoms with Gasteiger partial charge < -0.3 is 25.8 Å². The summed E-state index contributed by atoms with van der Waals surface area (Å²) < 4.78 is 50.9. The van der Waals surface area contributed by atoms with Crippen LogP contribution >= 0.6 is 23.8 Å². The van der Waals surface area contributed by atoms with Gasteiger partial charge in [-0.2, -0.15) is 18.4 Å². The molecule has 0 unspecified atom stereocenters. The first-order chi connectivity index (χ1) is 20.6. The van der Waals surface area contributed by atoms with Crippen LogP contribution in [-0.2, 0) is 25.2 Å². The normalized spacial score (nSPS) is 15.2. The molecule has 0 aliphatic carbocycles. The number of nitrogens with two attached hydrogens (primary N) is 2. The summed E-state index contributed by atoms with van der Waals surface area (Å²) in [6, 6.07) is 7.90. The molecule has 2 aromatic carbocycles. The fourth-order valence-corrected chi connectivity index (χ4v) is 5.05. The number of hydrogen-bond acceptors (Lipinski definition) is 9. The lowest BCUT2D eigenvalue weighted by molar-refractivity contribution is -0.146. The monoisotopic (exact) mass is 654 g/mol. The number of carbonyl (C=O) groups is 3. The molecule has 3 rings (SSSR count). The average Bonchev–Trinajstić information content (AvgIpc) is 3.14. The molecule has 1 atom stereocenters. The van der Waals surface area contributed by atoms with E-state index >= 15 is 0 Å². The van der Waals surface area contributed by atoms with Crippen molar-refractivity contribution in [3.63, 3.8) is 0 Å². The number of thiocarbonyl (C=S) groups is 1. The third-order valence-corrected chi connectivity index (χ3v) is 7.33. The summed E-state index contributed by atoms with van der Waals surface area (Å²) in [6.07, 6.45) is -3.96. The number of alkyl halides is 3. The summed E-state index contributed by atoms with van der Waals surface area (Å²) in [5.74, 6) is -1.26. The van der Waals surface area contributed by atoms with Crippen LogP contribution in [0.5, 0.6) is 0 Å². The number of hydrogen-bond donors (Lipinski definition) is 3. The van der Waals surface area contributed by atoms with Gasteiger partial charge in [-0.15, -0.1) is 0 Å². The summed E-state index contributed by atoms with van der Waals surface area (Å²) in [5, 5.41) is 11.5. The first-order valence-electron chi connectivity index (χ1n) is 13.3. The number of anilines is 3. The van der Waals surface area contributed by atoms with E-state index in [4.69, 9.17) is 50.0 Å². The lowest BCUT2D eigenvalue weighted by Gasteiger charge is -2.30. The van der Waals surface area contributed by atoms with Crippen LogP contribution < -0.4 is 26.6 Å². The van der Waals surface area contributed by atoms with Crippen LogP contribution in [-0.4, -0.2) is 54.4 Å². The molecule has 0 aromatic heterocycles. The summed E-state index contributed by atoms with van der Waals surface area (Å²) in [7, 11) is 0. The number of unbranched alkanes of at least 4 members (excludes halogenated alkanes) is 1. The van der Waals surface area contributed by atoms with Gasteiger partial charge in [0.25, 0.3) is 5.91 Å². The van der Waals surface area contributed by atoms with Gasteiger partial charge >= 0.3 is 18.2 Å². The van der Waals surface area contributed by atoms with Crippen LogP contribution in [0.2, 0.25) is 5.02 Å². The van der Waals surface area contributed by atoms with E-state index in [1.807, 2.05) is 0 Å². The van der Waals surface area contributed by atoms with Crippen molar-refractivity contribution in [1.82, 2.24) is 0 Å². The minimum absolute atomic E-state index is 0.0790. The van der Waals surface area contributed by atoms with E-state index in [1.165, 1.54) is 49.1 Å². The number of nitrogens with zero attached hydrogens (tertiary/aromatic N) is 3. The minimum Gasteiger partial charge on any atom is -0.461 e. The van der Waals surface area contributed by atoms with E-state index in [0.29, 0.717) is 25.5 Å². The number of amides is 2. The highest BCUT2D eigenvalue weighted by atomic mass is 35.5. The Morgan fingerprint density at radius 2 is 1.80 bits per heavy atom. The number of carbonyl (C=O) groups excluding carboxylic acids is 3. The molecule has 236 valence electrons. The van der Waals surface area contributed by atoms with Gasteiger partial charge in [-0.25, -0.2) is 4.79 Å². The molecule has 2 amide bonds. The van der Waals surface area contributed by atoms with Gasteiger partial charge in [0, 0.05) is 5.69 Å². The zero-order chi connectivity index (χ0) is 32.8. The first kappa shape index (κ1) is 34.5. The molecule has 5 N–H and O–H groups in total. The summed E-state index contributed by atoms with van der Waals surface area (Å²) in [5.41, 5.74) is 8.19. The van der Waals surface area contributed by atoms with Gasteiger partial charge in [0.1, 0.15) is 24.8 Å². The zero-order valence-electron chi connectivity index (χ0n) is 23.7. The Kier molecular flexibility index (Phi) is 11.1. The SMILES string of the molecule is CC1(C)C(=O)N(c2ccc(C#N)c(C(F)(F)F)c2)C(=S)N1c1ccc(Cl)c(NC(=O)OCCOC(=O)[C@@H](N)CCCCN)c1. The Balaban J connectivity index is 1.73. The van der Waals surface area contributed by atoms with E-state index in [-0.39, 0.29) is 40.4 Å². The Morgan fingerprint density at radius 3 is 2.43 bits per heavy atom. The Labute approximate surface area is 261 Å². The molecule has 16 heteroatoms. The second-order valence-electron chi connectivity index (χ2n) is 10.1. The van der Waals surface area contributed by atoms with Crippen LogP contribution in [0.15, 0.2) is 36.4 Å². The van der Waals surface area contributed by atoms with Gasteiger partial charge in [0.05, 0.1) is 33.6 Å². The van der Waals surface area contributed by atoms with Crippen LogP contribution in [0.4, 0.5) is 35.0 Å². The second-order valence-corrected chi connectivity index (χ2v) is 10.9. The van der Waals surface area contributed by atoms with Crippen molar-refractivity contribution in [3.05, 3.63) is 52.5 Å². The number of nitriles is 1. The summed E-state index contributed by atoms with van der Waals surface area (Å²) in [4.78, 5) is 40.1. The van der Waals surface area contributed by atoms with Crippen molar-refractivity contribution >= 4 is 64.0 Å². The maximum Gasteiger partial charge on any atom is 0.417 e. The van der Waals surface area contributed by atoms with Crippen LogP contribution in [0.1, 0.15) is 44.2 Å².